The Kier molecular flexibility index (Phi) is 9.94. The topological polar surface area (TPSA) is 56.1 Å². The van der Waals surface area contributed by atoms with Crippen LogP contribution in [0.15, 0.2) is 91.5 Å². The van der Waals surface area contributed by atoms with Gasteiger partial charge in [-0.15, -0.1) is 6.58 Å². The number of aromatic nitrogens is 2. The first-order chi connectivity index (χ1) is 18.3. The van der Waals surface area contributed by atoms with Crippen molar-refractivity contribution < 1.29 is 9.53 Å². The van der Waals surface area contributed by atoms with Crippen LogP contribution in [0.3, 0.4) is 0 Å². The molecule has 4 aromatic rings. The molecule has 0 saturated carbocycles. The first-order valence-electron chi connectivity index (χ1n) is 13.4. The van der Waals surface area contributed by atoms with E-state index in [1.54, 1.807) is 0 Å². The molecule has 0 saturated heterocycles. The quantitative estimate of drug-likeness (QED) is 0.146. The van der Waals surface area contributed by atoms with Crippen molar-refractivity contribution in [2.75, 3.05) is 13.2 Å². The standard InChI is InChI=1S/C32H37N3O2/c1-2-15-26-16-8-11-21-30(26)37-25-14-13-24-35-29-20-10-9-19-28(29)34-31(35)22-7-4-12-23-33-32(36)27-17-5-3-6-18-27/h2-3,5-6,8-11,16-21H,1,4,7,12-15,22-25H2,(H,33,36). The highest BCUT2D eigenvalue weighted by molar-refractivity contribution is 5.94. The minimum absolute atomic E-state index is 0.00411. The Balaban J connectivity index is 1.23. The molecule has 0 unspecified atom stereocenters. The molecule has 0 fully saturated rings. The number of fused-ring (bicyclic) bond motifs is 1. The number of nitrogens with zero attached hydrogens (tertiary/aromatic N) is 2. The SMILES string of the molecule is C=CCc1ccccc1OCCCCn1c(CCCCCNC(=O)c2ccccc2)nc2ccccc21. The number of carbonyl (C=O) groups excluding carboxylic acids is 1. The molecule has 0 bridgehead atoms. The third-order valence-electron chi connectivity index (χ3n) is 6.50. The maximum absolute atomic E-state index is 12.2. The summed E-state index contributed by atoms with van der Waals surface area (Å²) in [5, 5.41) is 3.02. The summed E-state index contributed by atoms with van der Waals surface area (Å²) < 4.78 is 8.44. The summed E-state index contributed by atoms with van der Waals surface area (Å²) >= 11 is 0. The molecule has 0 aliphatic rings. The Morgan fingerprint density at radius 2 is 1.68 bits per heavy atom. The van der Waals surface area contributed by atoms with Crippen molar-refractivity contribution in [3.8, 4) is 5.75 Å². The number of hydrogen-bond acceptors (Lipinski definition) is 3. The lowest BCUT2D eigenvalue weighted by Crippen LogP contribution is -2.24. The third kappa shape index (κ3) is 7.56. The lowest BCUT2D eigenvalue weighted by Gasteiger charge is -2.12. The molecule has 192 valence electrons. The van der Waals surface area contributed by atoms with E-state index in [2.05, 4.69) is 40.7 Å². The van der Waals surface area contributed by atoms with E-state index in [9.17, 15) is 4.79 Å². The van der Waals surface area contributed by atoms with Crippen molar-refractivity contribution in [3.63, 3.8) is 0 Å². The van der Waals surface area contributed by atoms with Crippen LogP contribution in [0.4, 0.5) is 0 Å². The Bertz CT molecular complexity index is 1280. The van der Waals surface area contributed by atoms with E-state index in [1.807, 2.05) is 60.7 Å². The Morgan fingerprint density at radius 1 is 0.892 bits per heavy atom. The number of allylic oxidation sites excluding steroid dienone is 1. The molecule has 0 radical (unpaired) electrons. The maximum atomic E-state index is 12.2. The third-order valence-corrected chi connectivity index (χ3v) is 6.50. The molecule has 1 aromatic heterocycles. The fraction of sp³-hybridized carbons (Fsp3) is 0.312. The van der Waals surface area contributed by atoms with Crippen LogP contribution in [-0.4, -0.2) is 28.6 Å². The van der Waals surface area contributed by atoms with Crippen molar-refractivity contribution in [2.24, 2.45) is 0 Å². The van der Waals surface area contributed by atoms with Crippen LogP contribution in [-0.2, 0) is 19.4 Å². The smallest absolute Gasteiger partial charge is 0.251 e. The number of hydrogen-bond donors (Lipinski definition) is 1. The van der Waals surface area contributed by atoms with Gasteiger partial charge in [0.05, 0.1) is 17.6 Å². The Labute approximate surface area is 220 Å². The lowest BCUT2D eigenvalue weighted by molar-refractivity contribution is 0.0953. The molecule has 5 nitrogen and oxygen atoms in total. The zero-order chi connectivity index (χ0) is 25.7. The highest BCUT2D eigenvalue weighted by atomic mass is 16.5. The van der Waals surface area contributed by atoms with Crippen molar-refractivity contribution in [1.82, 2.24) is 14.9 Å². The van der Waals surface area contributed by atoms with Crippen LogP contribution in [0, 0.1) is 0 Å². The lowest BCUT2D eigenvalue weighted by atomic mass is 10.1. The average molecular weight is 496 g/mol. The van der Waals surface area contributed by atoms with E-state index in [0.29, 0.717) is 18.7 Å². The first-order valence-corrected chi connectivity index (χ1v) is 13.4. The number of aryl methyl sites for hydroxylation is 2. The van der Waals surface area contributed by atoms with Gasteiger partial charge in [-0.2, -0.15) is 0 Å². The van der Waals surface area contributed by atoms with Gasteiger partial charge in [0, 0.05) is 25.1 Å². The average Bonchev–Trinajstić information content (AvgIpc) is 3.29. The second kappa shape index (κ2) is 14.0. The van der Waals surface area contributed by atoms with Gasteiger partial charge >= 0.3 is 0 Å². The normalized spacial score (nSPS) is 10.9. The van der Waals surface area contributed by atoms with Gasteiger partial charge in [0.1, 0.15) is 11.6 Å². The highest BCUT2D eigenvalue weighted by Crippen LogP contribution is 2.21. The van der Waals surface area contributed by atoms with Gasteiger partial charge in [0.2, 0.25) is 0 Å². The molecule has 0 spiro atoms. The molecular weight excluding hydrogens is 458 g/mol. The van der Waals surface area contributed by atoms with E-state index < -0.39 is 0 Å². The second-order valence-corrected chi connectivity index (χ2v) is 9.26. The predicted octanol–water partition coefficient (Wildman–Crippen LogP) is 6.77. The number of amides is 1. The summed E-state index contributed by atoms with van der Waals surface area (Å²) in [5.74, 6) is 2.10. The predicted molar refractivity (Wildman–Crippen MR) is 151 cm³/mol. The van der Waals surface area contributed by atoms with Crippen LogP contribution in [0.5, 0.6) is 5.75 Å². The number of unbranched alkanes of at least 4 members (excludes halogenated alkanes) is 3. The van der Waals surface area contributed by atoms with E-state index in [0.717, 1.165) is 68.6 Å². The summed E-state index contributed by atoms with van der Waals surface area (Å²) in [6.45, 7) is 6.17. The number of rotatable bonds is 15. The first kappa shape index (κ1) is 26.2. The van der Waals surface area contributed by atoms with Crippen molar-refractivity contribution in [2.45, 2.75) is 51.5 Å². The van der Waals surface area contributed by atoms with Crippen LogP contribution in [0.25, 0.3) is 11.0 Å². The molecule has 0 aliphatic carbocycles. The zero-order valence-corrected chi connectivity index (χ0v) is 21.6. The molecule has 1 N–H and O–H groups in total. The number of carbonyl (C=O) groups is 1. The summed E-state index contributed by atoms with van der Waals surface area (Å²) in [6.07, 6.45) is 8.74. The monoisotopic (exact) mass is 495 g/mol. The van der Waals surface area contributed by atoms with E-state index in [1.165, 1.54) is 11.1 Å². The molecule has 0 atom stereocenters. The van der Waals surface area contributed by atoms with E-state index in [4.69, 9.17) is 9.72 Å². The fourth-order valence-electron chi connectivity index (χ4n) is 4.57. The van der Waals surface area contributed by atoms with Gasteiger partial charge in [-0.25, -0.2) is 4.98 Å². The molecule has 0 aliphatic heterocycles. The summed E-state index contributed by atoms with van der Waals surface area (Å²) in [4.78, 5) is 17.1. The summed E-state index contributed by atoms with van der Waals surface area (Å²) in [6, 6.07) is 25.9. The Morgan fingerprint density at radius 3 is 2.54 bits per heavy atom. The summed E-state index contributed by atoms with van der Waals surface area (Å²) in [7, 11) is 0. The largest absolute Gasteiger partial charge is 0.493 e. The van der Waals surface area contributed by atoms with Gasteiger partial charge in [-0.1, -0.05) is 61.0 Å². The van der Waals surface area contributed by atoms with Crippen molar-refractivity contribution in [3.05, 3.63) is 108 Å². The number of nitrogens with one attached hydrogen (secondary N) is 1. The number of ether oxygens (including phenoxy) is 1. The molecule has 1 amide bonds. The highest BCUT2D eigenvalue weighted by Gasteiger charge is 2.10. The van der Waals surface area contributed by atoms with Crippen molar-refractivity contribution >= 4 is 16.9 Å². The number of imidazole rings is 1. The molecule has 3 aromatic carbocycles. The van der Waals surface area contributed by atoms with Gasteiger partial charge in [-0.3, -0.25) is 4.79 Å². The number of para-hydroxylation sites is 3. The molecular formula is C32H37N3O2. The minimum Gasteiger partial charge on any atom is -0.493 e. The van der Waals surface area contributed by atoms with Crippen LogP contribution >= 0.6 is 0 Å². The molecule has 37 heavy (non-hydrogen) atoms. The zero-order valence-electron chi connectivity index (χ0n) is 21.6. The number of benzene rings is 3. The van der Waals surface area contributed by atoms with Crippen molar-refractivity contribution in [1.29, 1.82) is 0 Å². The van der Waals surface area contributed by atoms with Crippen LogP contribution < -0.4 is 10.1 Å². The molecule has 4 rings (SSSR count). The molecule has 1 heterocycles. The van der Waals surface area contributed by atoms with Gasteiger partial charge in [-0.05, 0) is 68.0 Å². The Hall–Kier alpha value is -3.86. The summed E-state index contributed by atoms with van der Waals surface area (Å²) in [5.41, 5.74) is 4.15. The van der Waals surface area contributed by atoms with E-state index >= 15 is 0 Å². The fourth-order valence-corrected chi connectivity index (χ4v) is 4.57. The molecule has 5 heteroatoms. The maximum Gasteiger partial charge on any atom is 0.251 e. The van der Waals surface area contributed by atoms with Crippen LogP contribution in [0.2, 0.25) is 0 Å². The minimum atomic E-state index is -0.00411. The van der Waals surface area contributed by atoms with Gasteiger partial charge in [0.15, 0.2) is 0 Å². The van der Waals surface area contributed by atoms with Crippen LogP contribution in [0.1, 0.15) is 53.8 Å². The second-order valence-electron chi connectivity index (χ2n) is 9.26. The van der Waals surface area contributed by atoms with Gasteiger partial charge in [0.25, 0.3) is 5.91 Å². The van der Waals surface area contributed by atoms with Gasteiger partial charge < -0.3 is 14.6 Å². The van der Waals surface area contributed by atoms with E-state index in [-0.39, 0.29) is 5.91 Å².